The van der Waals surface area contributed by atoms with Gasteiger partial charge in [0.2, 0.25) is 5.91 Å². The maximum absolute atomic E-state index is 12.1. The topological polar surface area (TPSA) is 41.1 Å². The van der Waals surface area contributed by atoms with E-state index in [0.29, 0.717) is 5.02 Å². The number of carbonyl (C=O) groups excluding carboxylic acids is 1. The molecule has 0 aromatic heterocycles. The number of hydrogen-bond donors (Lipinski definition) is 2. The van der Waals surface area contributed by atoms with Gasteiger partial charge in [0, 0.05) is 11.6 Å². The Morgan fingerprint density at radius 3 is 3.06 bits per heavy atom. The van der Waals surface area contributed by atoms with E-state index in [9.17, 15) is 4.79 Å². The van der Waals surface area contributed by atoms with Crippen LogP contribution in [0.15, 0.2) is 24.3 Å². The zero-order valence-electron chi connectivity index (χ0n) is 10.6. The van der Waals surface area contributed by atoms with E-state index < -0.39 is 0 Å². The van der Waals surface area contributed by atoms with Gasteiger partial charge in [0.25, 0.3) is 0 Å². The lowest BCUT2D eigenvalue weighted by atomic mass is 9.98. The van der Waals surface area contributed by atoms with E-state index >= 15 is 0 Å². The van der Waals surface area contributed by atoms with Crippen molar-refractivity contribution in [2.45, 2.75) is 25.8 Å². The third-order valence-corrected chi connectivity index (χ3v) is 3.61. The number of rotatable bonds is 3. The van der Waals surface area contributed by atoms with Crippen molar-refractivity contribution in [3.05, 3.63) is 34.9 Å². The normalized spacial score (nSPS) is 21.3. The monoisotopic (exact) mass is 266 g/mol. The summed E-state index contributed by atoms with van der Waals surface area (Å²) in [5.74, 6) is 0.232. The highest BCUT2D eigenvalue weighted by Gasteiger charge is 2.22. The zero-order valence-corrected chi connectivity index (χ0v) is 11.3. The molecule has 1 aromatic carbocycles. The summed E-state index contributed by atoms with van der Waals surface area (Å²) in [6.07, 6.45) is 2.05. The van der Waals surface area contributed by atoms with E-state index in [1.54, 1.807) is 0 Å². The van der Waals surface area contributed by atoms with Gasteiger partial charge in [0.05, 0.1) is 12.0 Å². The van der Waals surface area contributed by atoms with Crippen LogP contribution >= 0.6 is 11.6 Å². The molecule has 1 fully saturated rings. The van der Waals surface area contributed by atoms with Crippen molar-refractivity contribution in [2.24, 2.45) is 5.92 Å². The predicted molar refractivity (Wildman–Crippen MR) is 73.6 cm³/mol. The molecule has 0 bridgehead atoms. The standard InChI is InChI=1S/C14H19ClN2O/c1-10(11-4-2-6-13(15)8-11)17-14(18)12-5-3-7-16-9-12/h2,4,6,8,10,12,16H,3,5,7,9H2,1H3,(H,17,18)/t10-,12-/m1/s1. The molecule has 0 saturated carbocycles. The van der Waals surface area contributed by atoms with Crippen molar-refractivity contribution in [1.29, 1.82) is 0 Å². The molecule has 1 aliphatic rings. The van der Waals surface area contributed by atoms with Crippen molar-refractivity contribution in [3.63, 3.8) is 0 Å². The van der Waals surface area contributed by atoms with Gasteiger partial charge in [-0.2, -0.15) is 0 Å². The SMILES string of the molecule is C[C@@H](NC(=O)[C@@H]1CCCNC1)c1cccc(Cl)c1. The van der Waals surface area contributed by atoms with Crippen LogP contribution in [0.25, 0.3) is 0 Å². The first kappa shape index (κ1) is 13.4. The summed E-state index contributed by atoms with van der Waals surface area (Å²) in [4.78, 5) is 12.1. The fraction of sp³-hybridized carbons (Fsp3) is 0.500. The molecule has 2 rings (SSSR count). The number of carbonyl (C=O) groups is 1. The molecule has 0 radical (unpaired) electrons. The molecule has 2 atom stereocenters. The van der Waals surface area contributed by atoms with Gasteiger partial charge >= 0.3 is 0 Å². The summed E-state index contributed by atoms with van der Waals surface area (Å²) in [6.45, 7) is 3.79. The number of nitrogens with one attached hydrogen (secondary N) is 2. The summed E-state index contributed by atoms with van der Waals surface area (Å²) >= 11 is 5.95. The fourth-order valence-electron chi connectivity index (χ4n) is 2.27. The van der Waals surface area contributed by atoms with Gasteiger partial charge in [-0.25, -0.2) is 0 Å². The smallest absolute Gasteiger partial charge is 0.224 e. The van der Waals surface area contributed by atoms with Crippen LogP contribution in [0.2, 0.25) is 5.02 Å². The Kier molecular flexibility index (Phi) is 4.61. The van der Waals surface area contributed by atoms with Gasteiger partial charge in [0.15, 0.2) is 0 Å². The average molecular weight is 267 g/mol. The second-order valence-corrected chi connectivity index (χ2v) is 5.26. The number of amides is 1. The van der Waals surface area contributed by atoms with E-state index in [1.165, 1.54) is 0 Å². The van der Waals surface area contributed by atoms with Gasteiger partial charge in [-0.05, 0) is 44.0 Å². The third-order valence-electron chi connectivity index (χ3n) is 3.38. The van der Waals surface area contributed by atoms with Crippen LogP contribution in [-0.2, 0) is 4.79 Å². The minimum absolute atomic E-state index is 0.00173. The Labute approximate surface area is 113 Å². The maximum atomic E-state index is 12.1. The highest BCUT2D eigenvalue weighted by atomic mass is 35.5. The van der Waals surface area contributed by atoms with E-state index in [1.807, 2.05) is 31.2 Å². The molecule has 0 aliphatic carbocycles. The molecule has 98 valence electrons. The van der Waals surface area contributed by atoms with E-state index in [4.69, 9.17) is 11.6 Å². The van der Waals surface area contributed by atoms with Gasteiger partial charge in [-0.1, -0.05) is 23.7 Å². The van der Waals surface area contributed by atoms with Crippen LogP contribution in [0.5, 0.6) is 0 Å². The van der Waals surface area contributed by atoms with Crippen LogP contribution in [0.1, 0.15) is 31.4 Å². The zero-order chi connectivity index (χ0) is 13.0. The molecular formula is C14H19ClN2O. The number of halogens is 1. The minimum Gasteiger partial charge on any atom is -0.349 e. The van der Waals surface area contributed by atoms with E-state index in [-0.39, 0.29) is 17.9 Å². The Hall–Kier alpha value is -1.06. The van der Waals surface area contributed by atoms with Crippen LogP contribution in [0.3, 0.4) is 0 Å². The average Bonchev–Trinajstić information content (AvgIpc) is 2.39. The quantitative estimate of drug-likeness (QED) is 0.883. The maximum Gasteiger partial charge on any atom is 0.224 e. The van der Waals surface area contributed by atoms with Gasteiger partial charge < -0.3 is 10.6 Å². The summed E-state index contributed by atoms with van der Waals surface area (Å²) in [7, 11) is 0. The van der Waals surface area contributed by atoms with Crippen LogP contribution < -0.4 is 10.6 Å². The molecule has 1 saturated heterocycles. The van der Waals surface area contributed by atoms with Crippen molar-refractivity contribution >= 4 is 17.5 Å². The molecule has 18 heavy (non-hydrogen) atoms. The second kappa shape index (κ2) is 6.21. The summed E-state index contributed by atoms with van der Waals surface area (Å²) in [5.41, 5.74) is 1.04. The lowest BCUT2D eigenvalue weighted by Gasteiger charge is -2.24. The number of piperidine rings is 1. The lowest BCUT2D eigenvalue weighted by molar-refractivity contribution is -0.126. The molecule has 4 heteroatoms. The highest BCUT2D eigenvalue weighted by molar-refractivity contribution is 6.30. The predicted octanol–water partition coefficient (Wildman–Crippen LogP) is 2.52. The largest absolute Gasteiger partial charge is 0.349 e. The minimum atomic E-state index is -0.00173. The Balaban J connectivity index is 1.94. The van der Waals surface area contributed by atoms with Gasteiger partial charge in [-0.15, -0.1) is 0 Å². The first-order valence-electron chi connectivity index (χ1n) is 6.43. The van der Waals surface area contributed by atoms with E-state index in [0.717, 1.165) is 31.5 Å². The molecule has 1 aliphatic heterocycles. The molecule has 2 N–H and O–H groups in total. The fourth-order valence-corrected chi connectivity index (χ4v) is 2.46. The molecular weight excluding hydrogens is 248 g/mol. The Morgan fingerprint density at radius 1 is 1.56 bits per heavy atom. The van der Waals surface area contributed by atoms with Crippen molar-refractivity contribution in [3.8, 4) is 0 Å². The summed E-state index contributed by atoms with van der Waals surface area (Å²) in [5, 5.41) is 7.01. The molecule has 0 unspecified atom stereocenters. The number of hydrogen-bond acceptors (Lipinski definition) is 2. The highest BCUT2D eigenvalue weighted by Crippen LogP contribution is 2.18. The Morgan fingerprint density at radius 2 is 2.39 bits per heavy atom. The molecule has 1 aromatic rings. The molecule has 3 nitrogen and oxygen atoms in total. The van der Waals surface area contributed by atoms with Gasteiger partial charge in [-0.3, -0.25) is 4.79 Å². The second-order valence-electron chi connectivity index (χ2n) is 4.83. The van der Waals surface area contributed by atoms with Crippen LogP contribution in [0, 0.1) is 5.92 Å². The van der Waals surface area contributed by atoms with Crippen molar-refractivity contribution in [1.82, 2.24) is 10.6 Å². The van der Waals surface area contributed by atoms with Crippen LogP contribution in [-0.4, -0.2) is 19.0 Å². The van der Waals surface area contributed by atoms with Crippen molar-refractivity contribution in [2.75, 3.05) is 13.1 Å². The van der Waals surface area contributed by atoms with Crippen LogP contribution in [0.4, 0.5) is 0 Å². The molecule has 1 heterocycles. The number of benzene rings is 1. The first-order valence-corrected chi connectivity index (χ1v) is 6.81. The van der Waals surface area contributed by atoms with E-state index in [2.05, 4.69) is 10.6 Å². The molecule has 0 spiro atoms. The summed E-state index contributed by atoms with van der Waals surface area (Å²) in [6, 6.07) is 7.62. The van der Waals surface area contributed by atoms with Crippen molar-refractivity contribution < 1.29 is 4.79 Å². The van der Waals surface area contributed by atoms with Gasteiger partial charge in [0.1, 0.15) is 0 Å². The lowest BCUT2D eigenvalue weighted by Crippen LogP contribution is -2.41. The summed E-state index contributed by atoms with van der Waals surface area (Å²) < 4.78 is 0. The Bertz CT molecular complexity index is 416. The first-order chi connectivity index (χ1) is 8.66. The third kappa shape index (κ3) is 3.47. The molecule has 1 amide bonds.